The summed E-state index contributed by atoms with van der Waals surface area (Å²) in [6.07, 6.45) is 0. The molecule has 2 rings (SSSR count). The van der Waals surface area contributed by atoms with Crippen molar-refractivity contribution in [3.8, 4) is 0 Å². The Kier molecular flexibility index (Phi) is 3.63. The monoisotopic (exact) mass is 298 g/mol. The average molecular weight is 299 g/mol. The number of benzene rings is 1. The van der Waals surface area contributed by atoms with E-state index in [0.29, 0.717) is 6.54 Å². The van der Waals surface area contributed by atoms with E-state index in [1.165, 1.54) is 11.8 Å². The number of rotatable bonds is 3. The summed E-state index contributed by atoms with van der Waals surface area (Å²) in [6.45, 7) is 2.42. The molecule has 16 heavy (non-hydrogen) atoms. The largest absolute Gasteiger partial charge is 0.326 e. The molecule has 1 heterocycles. The SMILES string of the molecule is Cc1nc(Sc2ccc(CN)cc2Br)n[nH]1. The minimum absolute atomic E-state index is 0.545. The van der Waals surface area contributed by atoms with E-state index in [-0.39, 0.29) is 0 Å². The second-order valence-electron chi connectivity index (χ2n) is 3.27. The van der Waals surface area contributed by atoms with Gasteiger partial charge in [-0.15, -0.1) is 5.10 Å². The lowest BCUT2D eigenvalue weighted by Crippen LogP contribution is -1.95. The van der Waals surface area contributed by atoms with Crippen LogP contribution in [-0.4, -0.2) is 15.2 Å². The van der Waals surface area contributed by atoms with E-state index >= 15 is 0 Å². The molecule has 0 radical (unpaired) electrons. The number of halogens is 1. The number of hydrogen-bond donors (Lipinski definition) is 2. The summed E-state index contributed by atoms with van der Waals surface area (Å²) < 4.78 is 1.02. The Morgan fingerprint density at radius 2 is 2.31 bits per heavy atom. The summed E-state index contributed by atoms with van der Waals surface area (Å²) in [7, 11) is 0. The first-order valence-corrected chi connectivity index (χ1v) is 6.35. The van der Waals surface area contributed by atoms with Crippen LogP contribution < -0.4 is 5.73 Å². The van der Waals surface area contributed by atoms with Gasteiger partial charge in [-0.25, -0.2) is 4.98 Å². The summed E-state index contributed by atoms with van der Waals surface area (Å²) in [5.41, 5.74) is 6.67. The molecule has 0 amide bonds. The van der Waals surface area contributed by atoms with Crippen molar-refractivity contribution in [3.05, 3.63) is 34.1 Å². The zero-order valence-electron chi connectivity index (χ0n) is 8.70. The highest BCUT2D eigenvalue weighted by atomic mass is 79.9. The van der Waals surface area contributed by atoms with Gasteiger partial charge in [0.1, 0.15) is 5.82 Å². The number of aromatic amines is 1. The maximum absolute atomic E-state index is 5.57. The number of H-pyrrole nitrogens is 1. The Morgan fingerprint density at radius 1 is 1.50 bits per heavy atom. The van der Waals surface area contributed by atoms with Gasteiger partial charge in [-0.3, -0.25) is 5.10 Å². The zero-order chi connectivity index (χ0) is 11.5. The van der Waals surface area contributed by atoms with Crippen LogP contribution in [0.1, 0.15) is 11.4 Å². The molecule has 0 aliphatic carbocycles. The Balaban J connectivity index is 2.21. The minimum Gasteiger partial charge on any atom is -0.326 e. The molecule has 1 aromatic heterocycles. The van der Waals surface area contributed by atoms with Crippen molar-refractivity contribution < 1.29 is 0 Å². The van der Waals surface area contributed by atoms with Crippen LogP contribution in [0.2, 0.25) is 0 Å². The van der Waals surface area contributed by atoms with Crippen LogP contribution in [0.3, 0.4) is 0 Å². The van der Waals surface area contributed by atoms with E-state index in [4.69, 9.17) is 5.73 Å². The molecule has 0 saturated carbocycles. The van der Waals surface area contributed by atoms with Gasteiger partial charge in [0.2, 0.25) is 5.16 Å². The Morgan fingerprint density at radius 3 is 2.88 bits per heavy atom. The van der Waals surface area contributed by atoms with Gasteiger partial charge in [-0.1, -0.05) is 6.07 Å². The van der Waals surface area contributed by atoms with Crippen molar-refractivity contribution in [2.24, 2.45) is 5.73 Å². The first-order valence-electron chi connectivity index (χ1n) is 4.74. The normalized spacial score (nSPS) is 10.7. The number of aryl methyl sites for hydroxylation is 1. The number of nitrogens with one attached hydrogen (secondary N) is 1. The lowest BCUT2D eigenvalue weighted by molar-refractivity contribution is 0.968. The highest BCUT2D eigenvalue weighted by molar-refractivity contribution is 9.10. The fourth-order valence-electron chi connectivity index (χ4n) is 1.22. The molecule has 0 saturated heterocycles. The fourth-order valence-corrected chi connectivity index (χ4v) is 2.65. The molecule has 0 aliphatic rings. The first kappa shape index (κ1) is 11.6. The summed E-state index contributed by atoms with van der Waals surface area (Å²) in [5.74, 6) is 0.817. The van der Waals surface area contributed by atoms with Gasteiger partial charge in [0, 0.05) is 15.9 Å². The average Bonchev–Trinajstić information content (AvgIpc) is 2.67. The lowest BCUT2D eigenvalue weighted by Gasteiger charge is -2.03. The maximum atomic E-state index is 5.57. The molecule has 0 atom stereocenters. The smallest absolute Gasteiger partial charge is 0.213 e. The molecular weight excluding hydrogens is 288 g/mol. The van der Waals surface area contributed by atoms with Crippen molar-refractivity contribution in [1.82, 2.24) is 15.2 Å². The lowest BCUT2D eigenvalue weighted by atomic mass is 10.2. The summed E-state index contributed by atoms with van der Waals surface area (Å²) in [5, 5.41) is 7.61. The first-order chi connectivity index (χ1) is 7.69. The van der Waals surface area contributed by atoms with Gasteiger partial charge < -0.3 is 5.73 Å². The third kappa shape index (κ3) is 2.63. The van der Waals surface area contributed by atoms with Crippen LogP contribution >= 0.6 is 27.7 Å². The summed E-state index contributed by atoms with van der Waals surface area (Å²) in [6, 6.07) is 6.04. The van der Waals surface area contributed by atoms with Crippen LogP contribution in [0.15, 0.2) is 32.7 Å². The third-order valence-electron chi connectivity index (χ3n) is 2.01. The molecule has 1 aromatic carbocycles. The van der Waals surface area contributed by atoms with Crippen molar-refractivity contribution >= 4 is 27.7 Å². The van der Waals surface area contributed by atoms with Crippen molar-refractivity contribution in [2.45, 2.75) is 23.5 Å². The zero-order valence-corrected chi connectivity index (χ0v) is 11.1. The van der Waals surface area contributed by atoms with Gasteiger partial charge in [-0.2, -0.15) is 0 Å². The molecule has 2 aromatic rings. The highest BCUT2D eigenvalue weighted by Gasteiger charge is 2.06. The van der Waals surface area contributed by atoms with Gasteiger partial charge in [0.05, 0.1) is 0 Å². The van der Waals surface area contributed by atoms with Crippen molar-refractivity contribution in [3.63, 3.8) is 0 Å². The summed E-state index contributed by atoms with van der Waals surface area (Å²) >= 11 is 5.02. The molecule has 6 heteroatoms. The van der Waals surface area contributed by atoms with Crippen molar-refractivity contribution in [1.29, 1.82) is 0 Å². The van der Waals surface area contributed by atoms with E-state index in [9.17, 15) is 0 Å². The quantitative estimate of drug-likeness (QED) is 0.913. The molecule has 0 bridgehead atoms. The van der Waals surface area contributed by atoms with E-state index in [0.717, 1.165) is 25.9 Å². The van der Waals surface area contributed by atoms with Crippen LogP contribution in [0.25, 0.3) is 0 Å². The molecule has 3 N–H and O–H groups in total. The molecule has 0 spiro atoms. The number of hydrogen-bond acceptors (Lipinski definition) is 4. The number of nitrogens with zero attached hydrogens (tertiary/aromatic N) is 2. The maximum Gasteiger partial charge on any atom is 0.213 e. The van der Waals surface area contributed by atoms with Gasteiger partial charge in [0.15, 0.2) is 0 Å². The van der Waals surface area contributed by atoms with Gasteiger partial charge in [0.25, 0.3) is 0 Å². The van der Waals surface area contributed by atoms with Gasteiger partial charge in [-0.05, 0) is 52.3 Å². The van der Waals surface area contributed by atoms with E-state index in [2.05, 4.69) is 31.1 Å². The molecule has 4 nitrogen and oxygen atoms in total. The Labute approximate surface area is 106 Å². The number of nitrogens with two attached hydrogens (primary N) is 1. The van der Waals surface area contributed by atoms with Crippen LogP contribution in [0.4, 0.5) is 0 Å². The molecule has 0 unspecified atom stereocenters. The standard InChI is InChI=1S/C10H11BrN4S/c1-6-13-10(15-14-6)16-9-3-2-7(5-12)4-8(9)11/h2-4H,5,12H2,1H3,(H,13,14,15). The highest BCUT2D eigenvalue weighted by Crippen LogP contribution is 2.32. The molecule has 0 aliphatic heterocycles. The van der Waals surface area contributed by atoms with Gasteiger partial charge >= 0.3 is 0 Å². The van der Waals surface area contributed by atoms with Crippen LogP contribution in [-0.2, 0) is 6.54 Å². The van der Waals surface area contributed by atoms with Crippen molar-refractivity contribution in [2.75, 3.05) is 0 Å². The predicted molar refractivity (Wildman–Crippen MR) is 67.3 cm³/mol. The fraction of sp³-hybridized carbons (Fsp3) is 0.200. The van der Waals surface area contributed by atoms with E-state index < -0.39 is 0 Å². The van der Waals surface area contributed by atoms with E-state index in [1.54, 1.807) is 0 Å². The minimum atomic E-state index is 0.545. The summed E-state index contributed by atoms with van der Waals surface area (Å²) in [4.78, 5) is 5.32. The van der Waals surface area contributed by atoms with Crippen LogP contribution in [0.5, 0.6) is 0 Å². The topological polar surface area (TPSA) is 67.6 Å². The second kappa shape index (κ2) is 4.99. The van der Waals surface area contributed by atoms with E-state index in [1.807, 2.05) is 25.1 Å². The predicted octanol–water partition coefficient (Wildman–Crippen LogP) is 2.49. The Hall–Kier alpha value is -0.850. The molecule has 0 fully saturated rings. The molecule has 84 valence electrons. The third-order valence-corrected chi connectivity index (χ3v) is 3.87. The Bertz CT molecular complexity index is 497. The van der Waals surface area contributed by atoms with Crippen LogP contribution in [0, 0.1) is 6.92 Å². The number of aromatic nitrogens is 3. The molecular formula is C10H11BrN4S. The second-order valence-corrected chi connectivity index (χ2v) is 5.14.